The molecule has 0 bridgehead atoms. The fourth-order valence-corrected chi connectivity index (χ4v) is 6.54. The zero-order chi connectivity index (χ0) is 29.5. The molecule has 5 rings (SSSR count). The molecule has 1 aliphatic rings. The quantitative estimate of drug-likeness (QED) is 0.144. The molecule has 1 aromatic heterocycles. The van der Waals surface area contributed by atoms with Gasteiger partial charge in [0.25, 0.3) is 5.89 Å². The minimum Gasteiger partial charge on any atom is -0.434 e. The number of carbonyl (C=O) groups excluding carboxylic acids is 2. The number of ketones is 1. The van der Waals surface area contributed by atoms with Gasteiger partial charge in [0, 0.05) is 36.8 Å². The molecule has 2 heterocycles. The molecular weight excluding hydrogens is 544 g/mol. The Hall–Kier alpha value is -3.62. The lowest BCUT2D eigenvalue weighted by Crippen LogP contribution is -2.45. The minimum absolute atomic E-state index is 0.0413. The van der Waals surface area contributed by atoms with Crippen LogP contribution in [0.4, 0.5) is 5.69 Å². The molecule has 1 amide bonds. The number of amides is 1. The number of oxazole rings is 1. The maximum atomic E-state index is 13.6. The van der Waals surface area contributed by atoms with E-state index in [1.165, 1.54) is 11.3 Å². The fraction of sp³-hybridized carbons (Fsp3) is 0.382. The lowest BCUT2D eigenvalue weighted by molar-refractivity contribution is -0.121. The van der Waals surface area contributed by atoms with Gasteiger partial charge in [0.1, 0.15) is 5.52 Å². The van der Waals surface area contributed by atoms with Gasteiger partial charge < -0.3 is 20.0 Å². The van der Waals surface area contributed by atoms with Crippen LogP contribution in [0, 0.1) is 5.92 Å². The predicted molar refractivity (Wildman–Crippen MR) is 171 cm³/mol. The van der Waals surface area contributed by atoms with Crippen LogP contribution in [0.2, 0.25) is 0 Å². The van der Waals surface area contributed by atoms with Crippen molar-refractivity contribution in [1.82, 2.24) is 15.6 Å². The normalized spacial score (nSPS) is 15.1. The molecule has 220 valence electrons. The molecule has 1 fully saturated rings. The number of thioether (sulfide) groups is 1. The second-order valence-electron chi connectivity index (χ2n) is 11.2. The van der Waals surface area contributed by atoms with E-state index in [1.807, 2.05) is 25.1 Å². The van der Waals surface area contributed by atoms with E-state index in [9.17, 15) is 9.59 Å². The molecule has 0 saturated carbocycles. The van der Waals surface area contributed by atoms with Gasteiger partial charge in [0.15, 0.2) is 5.58 Å². The van der Waals surface area contributed by atoms with Gasteiger partial charge in [-0.15, -0.1) is 11.8 Å². The van der Waals surface area contributed by atoms with Gasteiger partial charge >= 0.3 is 0 Å². The van der Waals surface area contributed by atoms with Crippen molar-refractivity contribution in [2.24, 2.45) is 5.92 Å². The lowest BCUT2D eigenvalue weighted by Gasteiger charge is -2.29. The number of nitrogens with zero attached hydrogens (tertiary/aromatic N) is 2. The average Bonchev–Trinajstić information content (AvgIpc) is 3.45. The number of hydrogen-bond donors (Lipinski definition) is 2. The first-order chi connectivity index (χ1) is 20.4. The van der Waals surface area contributed by atoms with Crippen LogP contribution in [0.5, 0.6) is 0 Å². The summed E-state index contributed by atoms with van der Waals surface area (Å²) in [6, 6.07) is 23.8. The maximum absolute atomic E-state index is 13.6. The van der Waals surface area contributed by atoms with Crippen molar-refractivity contribution >= 4 is 40.2 Å². The summed E-state index contributed by atoms with van der Waals surface area (Å²) in [5, 5.41) is 6.11. The zero-order valence-electron chi connectivity index (χ0n) is 24.6. The molecule has 2 atom stereocenters. The van der Waals surface area contributed by atoms with Gasteiger partial charge in [-0.3, -0.25) is 9.59 Å². The van der Waals surface area contributed by atoms with Crippen molar-refractivity contribution in [2.75, 3.05) is 31.1 Å². The second kappa shape index (κ2) is 14.0. The van der Waals surface area contributed by atoms with E-state index in [-0.39, 0.29) is 22.8 Å². The Morgan fingerprint density at radius 2 is 1.64 bits per heavy atom. The highest BCUT2D eigenvalue weighted by Gasteiger charge is 2.29. The highest BCUT2D eigenvalue weighted by molar-refractivity contribution is 8.00. The highest BCUT2D eigenvalue weighted by atomic mass is 32.2. The molecule has 2 N–H and O–H groups in total. The molecular formula is C34H40N4O3S. The summed E-state index contributed by atoms with van der Waals surface area (Å²) in [4.78, 5) is 34.7. The molecule has 2 unspecified atom stereocenters. The van der Waals surface area contributed by atoms with E-state index in [0.29, 0.717) is 29.9 Å². The number of para-hydroxylation sites is 2. The molecule has 0 spiro atoms. The van der Waals surface area contributed by atoms with E-state index >= 15 is 0 Å². The van der Waals surface area contributed by atoms with Gasteiger partial charge in [0.2, 0.25) is 11.7 Å². The summed E-state index contributed by atoms with van der Waals surface area (Å²) in [5.74, 6) is -0.0649. The van der Waals surface area contributed by atoms with E-state index in [0.717, 1.165) is 43.1 Å². The number of benzene rings is 3. The van der Waals surface area contributed by atoms with E-state index in [2.05, 4.69) is 82.9 Å². The van der Waals surface area contributed by atoms with Gasteiger partial charge in [-0.25, -0.2) is 4.98 Å². The topological polar surface area (TPSA) is 87.5 Å². The first-order valence-corrected chi connectivity index (χ1v) is 15.8. The molecule has 0 aliphatic carbocycles. The molecule has 7 nitrogen and oxygen atoms in total. The lowest BCUT2D eigenvalue weighted by atomic mass is 10.0. The number of Topliss-reactive ketones (excluding diaryl/α,β-unsaturated/α-hetero) is 1. The summed E-state index contributed by atoms with van der Waals surface area (Å²) in [6.45, 7) is 10.3. The number of hydrogen-bond acceptors (Lipinski definition) is 7. The van der Waals surface area contributed by atoms with Gasteiger partial charge in [0.05, 0.1) is 11.3 Å². The number of nitrogens with one attached hydrogen (secondary N) is 2. The number of anilines is 1. The third-order valence-corrected chi connectivity index (χ3v) is 8.74. The van der Waals surface area contributed by atoms with Crippen LogP contribution in [0.1, 0.15) is 50.7 Å². The molecule has 0 radical (unpaired) electrons. The summed E-state index contributed by atoms with van der Waals surface area (Å²) in [6.07, 6.45) is 1.96. The van der Waals surface area contributed by atoms with Crippen LogP contribution >= 0.6 is 11.8 Å². The summed E-state index contributed by atoms with van der Waals surface area (Å²) >= 11 is 1.55. The Morgan fingerprint density at radius 3 is 2.29 bits per heavy atom. The van der Waals surface area contributed by atoms with Crippen molar-refractivity contribution in [3.8, 4) is 11.1 Å². The van der Waals surface area contributed by atoms with Crippen molar-refractivity contribution in [2.45, 2.75) is 56.2 Å². The van der Waals surface area contributed by atoms with Crippen LogP contribution < -0.4 is 15.5 Å². The van der Waals surface area contributed by atoms with E-state index in [1.54, 1.807) is 17.8 Å². The highest BCUT2D eigenvalue weighted by Crippen LogP contribution is 2.31. The fourth-order valence-electron chi connectivity index (χ4n) is 5.26. The molecule has 1 aliphatic heterocycles. The number of fused-ring (bicyclic) bond motifs is 1. The Kier molecular flexibility index (Phi) is 9.97. The average molecular weight is 585 g/mol. The van der Waals surface area contributed by atoms with E-state index in [4.69, 9.17) is 4.42 Å². The molecule has 4 aromatic rings. The monoisotopic (exact) mass is 584 g/mol. The Labute approximate surface area is 252 Å². The number of piperazine rings is 1. The van der Waals surface area contributed by atoms with Crippen molar-refractivity contribution < 1.29 is 14.0 Å². The number of carbonyl (C=O) groups is 2. The molecule has 1 saturated heterocycles. The van der Waals surface area contributed by atoms with Crippen molar-refractivity contribution in [3.63, 3.8) is 0 Å². The van der Waals surface area contributed by atoms with Gasteiger partial charge in [-0.2, -0.15) is 0 Å². The second-order valence-corrected chi connectivity index (χ2v) is 12.5. The number of rotatable bonds is 12. The molecule has 42 heavy (non-hydrogen) atoms. The van der Waals surface area contributed by atoms with Crippen molar-refractivity contribution in [3.05, 3.63) is 78.7 Å². The van der Waals surface area contributed by atoms with E-state index < -0.39 is 6.04 Å². The third-order valence-electron chi connectivity index (χ3n) is 7.51. The van der Waals surface area contributed by atoms with Crippen molar-refractivity contribution in [1.29, 1.82) is 0 Å². The standard InChI is InChI=1S/C34H40N4O3S/c1-4-7-29(32(39)34-37-28-8-5-6-9-30(28)41-34)36-33(40)31(22-23(2)3)42-27-16-12-25(13-17-27)24-10-14-26(15-11-24)38-20-18-35-19-21-38/h5-6,8-17,23,29,31,35H,4,7,18-22H2,1-3H3,(H,36,40). The Morgan fingerprint density at radius 1 is 0.976 bits per heavy atom. The third kappa shape index (κ3) is 7.41. The summed E-state index contributed by atoms with van der Waals surface area (Å²) < 4.78 is 5.72. The largest absolute Gasteiger partial charge is 0.434 e. The molecule has 3 aromatic carbocycles. The van der Waals surface area contributed by atoms with Crippen LogP contribution in [-0.2, 0) is 4.79 Å². The zero-order valence-corrected chi connectivity index (χ0v) is 25.5. The smallest absolute Gasteiger partial charge is 0.266 e. The summed E-state index contributed by atoms with van der Waals surface area (Å²) in [7, 11) is 0. The first kappa shape index (κ1) is 29.9. The number of aromatic nitrogens is 1. The van der Waals surface area contributed by atoms with Gasteiger partial charge in [-0.1, -0.05) is 63.6 Å². The SMILES string of the molecule is CCCC(NC(=O)C(CC(C)C)Sc1ccc(-c2ccc(N3CCNCC3)cc2)cc1)C(=O)c1nc2ccccc2o1. The maximum Gasteiger partial charge on any atom is 0.266 e. The summed E-state index contributed by atoms with van der Waals surface area (Å²) in [5.41, 5.74) is 4.76. The Balaban J connectivity index is 1.26. The predicted octanol–water partition coefficient (Wildman–Crippen LogP) is 6.58. The minimum atomic E-state index is -0.683. The Bertz CT molecular complexity index is 1440. The van der Waals surface area contributed by atoms with Crippen LogP contribution in [0.15, 0.2) is 82.1 Å². The molecule has 8 heteroatoms. The van der Waals surface area contributed by atoms with Crippen LogP contribution in [0.25, 0.3) is 22.2 Å². The van der Waals surface area contributed by atoms with Gasteiger partial charge in [-0.05, 0) is 66.3 Å². The van der Waals surface area contributed by atoms with Crippen LogP contribution in [0.3, 0.4) is 0 Å². The first-order valence-electron chi connectivity index (χ1n) is 14.9. The van der Waals surface area contributed by atoms with Crippen LogP contribution in [-0.4, -0.2) is 54.1 Å².